The van der Waals surface area contributed by atoms with Crippen molar-refractivity contribution in [1.29, 1.82) is 0 Å². The Hall–Kier alpha value is -5.15. The van der Waals surface area contributed by atoms with Crippen molar-refractivity contribution in [3.05, 3.63) is 138 Å². The maximum atomic E-state index is 14.3. The lowest BCUT2D eigenvalue weighted by molar-refractivity contribution is -0.136. The molecule has 9 nitrogen and oxygen atoms in total. The molecule has 5 rings (SSSR count). The van der Waals surface area contributed by atoms with Gasteiger partial charge in [0.15, 0.2) is 0 Å². The number of methoxy groups -OCH3 is 1. The molecule has 4 atom stereocenters. The zero-order valence-electron chi connectivity index (χ0n) is 26.0. The smallest absolute Gasteiger partial charge is 0.411 e. The van der Waals surface area contributed by atoms with Crippen molar-refractivity contribution in [1.82, 2.24) is 15.5 Å². The Morgan fingerprint density at radius 3 is 1.89 bits per heavy atom. The van der Waals surface area contributed by atoms with E-state index in [-0.39, 0.29) is 19.7 Å². The molecule has 0 radical (unpaired) electrons. The van der Waals surface area contributed by atoms with Crippen LogP contribution in [-0.4, -0.2) is 53.2 Å². The highest BCUT2D eigenvalue weighted by Gasteiger charge is 2.64. The predicted octanol–water partition coefficient (Wildman–Crippen LogP) is 4.80. The van der Waals surface area contributed by atoms with Gasteiger partial charge in [0.05, 0.1) is 7.11 Å². The SMILES string of the molecule is COc1ccc(CNC(=O)[C@@]2(C)[C@@H](CO)[C@H](c3ccccc3)[C@@H](C(=O)NCc3ccccc3)N2C(=O)OCc2ccccc2)cc1. The van der Waals surface area contributed by atoms with Crippen molar-refractivity contribution in [2.24, 2.45) is 5.92 Å². The van der Waals surface area contributed by atoms with Crippen molar-refractivity contribution in [3.8, 4) is 5.75 Å². The highest BCUT2D eigenvalue weighted by molar-refractivity contribution is 5.96. The van der Waals surface area contributed by atoms with Gasteiger partial charge >= 0.3 is 6.09 Å². The average molecular weight is 622 g/mol. The van der Waals surface area contributed by atoms with Crippen LogP contribution in [0.5, 0.6) is 5.75 Å². The third kappa shape index (κ3) is 6.89. The molecule has 1 aliphatic heterocycles. The van der Waals surface area contributed by atoms with E-state index in [4.69, 9.17) is 9.47 Å². The van der Waals surface area contributed by atoms with Crippen LogP contribution in [0.4, 0.5) is 4.79 Å². The van der Waals surface area contributed by atoms with Crippen LogP contribution in [0.2, 0.25) is 0 Å². The van der Waals surface area contributed by atoms with Crippen LogP contribution >= 0.6 is 0 Å². The number of aliphatic hydroxyl groups is 1. The molecule has 0 spiro atoms. The summed E-state index contributed by atoms with van der Waals surface area (Å²) >= 11 is 0. The normalized spacial score (nSPS) is 20.5. The van der Waals surface area contributed by atoms with E-state index in [0.29, 0.717) is 11.3 Å². The number of carbonyl (C=O) groups excluding carboxylic acids is 3. The van der Waals surface area contributed by atoms with Gasteiger partial charge in [0.2, 0.25) is 11.8 Å². The second-order valence-electron chi connectivity index (χ2n) is 11.5. The lowest BCUT2D eigenvalue weighted by Gasteiger charge is -2.38. The number of aliphatic hydroxyl groups excluding tert-OH is 1. The summed E-state index contributed by atoms with van der Waals surface area (Å²) in [5.41, 5.74) is 1.50. The summed E-state index contributed by atoms with van der Waals surface area (Å²) in [5, 5.41) is 16.9. The number of ether oxygens (including phenoxy) is 2. The molecule has 3 amide bonds. The quantitative estimate of drug-likeness (QED) is 0.222. The molecule has 238 valence electrons. The molecule has 9 heteroatoms. The van der Waals surface area contributed by atoms with E-state index >= 15 is 0 Å². The summed E-state index contributed by atoms with van der Waals surface area (Å²) in [4.78, 5) is 43.9. The van der Waals surface area contributed by atoms with E-state index in [9.17, 15) is 19.5 Å². The molecular weight excluding hydrogens is 582 g/mol. The number of hydrogen-bond donors (Lipinski definition) is 3. The van der Waals surface area contributed by atoms with Crippen molar-refractivity contribution in [3.63, 3.8) is 0 Å². The van der Waals surface area contributed by atoms with E-state index in [1.54, 1.807) is 26.2 Å². The van der Waals surface area contributed by atoms with E-state index < -0.39 is 47.9 Å². The molecule has 1 heterocycles. The van der Waals surface area contributed by atoms with Crippen molar-refractivity contribution in [2.45, 2.75) is 44.1 Å². The van der Waals surface area contributed by atoms with Crippen LogP contribution < -0.4 is 15.4 Å². The molecule has 0 unspecified atom stereocenters. The summed E-state index contributed by atoms with van der Waals surface area (Å²) in [6, 6.07) is 33.9. The molecule has 4 aromatic rings. The lowest BCUT2D eigenvalue weighted by atomic mass is 9.76. The van der Waals surface area contributed by atoms with Crippen molar-refractivity contribution in [2.75, 3.05) is 13.7 Å². The van der Waals surface area contributed by atoms with Gasteiger partial charge in [0, 0.05) is 31.5 Å². The fourth-order valence-electron chi connectivity index (χ4n) is 6.22. The third-order valence-electron chi connectivity index (χ3n) is 8.71. The zero-order chi connectivity index (χ0) is 32.5. The van der Waals surface area contributed by atoms with E-state index in [1.807, 2.05) is 103 Å². The molecule has 46 heavy (non-hydrogen) atoms. The monoisotopic (exact) mass is 621 g/mol. The molecule has 4 aromatic carbocycles. The topological polar surface area (TPSA) is 117 Å². The van der Waals surface area contributed by atoms with Crippen LogP contribution in [0.1, 0.15) is 35.1 Å². The number of nitrogens with zero attached hydrogens (tertiary/aromatic N) is 1. The van der Waals surface area contributed by atoms with E-state index in [1.165, 1.54) is 4.90 Å². The number of hydrogen-bond acceptors (Lipinski definition) is 6. The van der Waals surface area contributed by atoms with Gasteiger partial charge in [-0.3, -0.25) is 14.5 Å². The van der Waals surface area contributed by atoms with Gasteiger partial charge in [-0.1, -0.05) is 103 Å². The van der Waals surface area contributed by atoms with Gasteiger partial charge in [0.1, 0.15) is 23.9 Å². The molecule has 0 saturated carbocycles. The molecule has 1 aliphatic rings. The molecular formula is C37H39N3O6. The number of rotatable bonds is 11. The van der Waals surface area contributed by atoms with Crippen molar-refractivity contribution >= 4 is 17.9 Å². The Morgan fingerprint density at radius 2 is 1.30 bits per heavy atom. The minimum atomic E-state index is -1.66. The fourth-order valence-corrected chi connectivity index (χ4v) is 6.22. The number of carbonyl (C=O) groups is 3. The Bertz CT molecular complexity index is 1600. The van der Waals surface area contributed by atoms with Crippen molar-refractivity contribution < 1.29 is 29.0 Å². The maximum Gasteiger partial charge on any atom is 0.411 e. The molecule has 0 aliphatic carbocycles. The average Bonchev–Trinajstić information content (AvgIpc) is 3.39. The lowest BCUT2D eigenvalue weighted by Crippen LogP contribution is -2.62. The largest absolute Gasteiger partial charge is 0.497 e. The van der Waals surface area contributed by atoms with Crippen LogP contribution in [0, 0.1) is 5.92 Å². The second kappa shape index (κ2) is 14.8. The van der Waals surface area contributed by atoms with Gasteiger partial charge in [-0.15, -0.1) is 0 Å². The molecule has 0 bridgehead atoms. The van der Waals surface area contributed by atoms with E-state index in [2.05, 4.69) is 10.6 Å². The van der Waals surface area contributed by atoms with Gasteiger partial charge < -0.3 is 25.2 Å². The van der Waals surface area contributed by atoms with Crippen LogP contribution in [-0.2, 0) is 34.0 Å². The number of nitrogens with one attached hydrogen (secondary N) is 2. The van der Waals surface area contributed by atoms with Crippen LogP contribution in [0.3, 0.4) is 0 Å². The Labute approximate surface area is 269 Å². The Balaban J connectivity index is 1.53. The predicted molar refractivity (Wildman–Crippen MR) is 174 cm³/mol. The summed E-state index contributed by atoms with van der Waals surface area (Å²) in [6.07, 6.45) is -0.831. The van der Waals surface area contributed by atoms with E-state index in [0.717, 1.165) is 16.7 Å². The summed E-state index contributed by atoms with van der Waals surface area (Å²) in [5.74, 6) is -1.86. The molecule has 1 fully saturated rings. The number of likely N-dealkylation sites (tertiary alicyclic amines) is 1. The molecule has 3 N–H and O–H groups in total. The molecule has 0 aromatic heterocycles. The summed E-state index contributed by atoms with van der Waals surface area (Å²) < 4.78 is 11.0. The second-order valence-corrected chi connectivity index (χ2v) is 11.5. The van der Waals surface area contributed by atoms with Crippen LogP contribution in [0.15, 0.2) is 115 Å². The van der Waals surface area contributed by atoms with Gasteiger partial charge in [-0.05, 0) is 41.3 Å². The molecule has 1 saturated heterocycles. The standard InChI is InChI=1S/C37H39N3O6/c1-37(35(43)39-23-27-18-20-30(45-2)21-19-27)31(24-41)32(29-16-10-5-11-17-29)33(34(42)38-22-26-12-6-3-7-13-26)40(37)36(44)46-25-28-14-8-4-9-15-28/h3-21,31-33,41H,22-25H2,1-2H3,(H,38,42)(H,39,43)/t31-,32-,33-,37+/m0/s1. The number of benzene rings is 4. The summed E-state index contributed by atoms with van der Waals surface area (Å²) in [7, 11) is 1.58. The van der Waals surface area contributed by atoms with Gasteiger partial charge in [-0.2, -0.15) is 0 Å². The van der Waals surface area contributed by atoms with Crippen LogP contribution in [0.25, 0.3) is 0 Å². The fraction of sp³-hybridized carbons (Fsp3) is 0.270. The Kier molecular flexibility index (Phi) is 10.3. The highest BCUT2D eigenvalue weighted by Crippen LogP contribution is 2.49. The minimum Gasteiger partial charge on any atom is -0.497 e. The highest BCUT2D eigenvalue weighted by atomic mass is 16.6. The first-order chi connectivity index (χ1) is 22.4. The first-order valence-electron chi connectivity index (χ1n) is 15.3. The third-order valence-corrected chi connectivity index (χ3v) is 8.71. The van der Waals surface area contributed by atoms with Gasteiger partial charge in [0.25, 0.3) is 0 Å². The minimum absolute atomic E-state index is 0.0577. The summed E-state index contributed by atoms with van der Waals surface area (Å²) in [6.45, 7) is 1.45. The van der Waals surface area contributed by atoms with Gasteiger partial charge in [-0.25, -0.2) is 4.79 Å². The Morgan fingerprint density at radius 1 is 0.761 bits per heavy atom. The maximum absolute atomic E-state index is 14.3. The first-order valence-corrected chi connectivity index (χ1v) is 15.3. The zero-order valence-corrected chi connectivity index (χ0v) is 26.0. The number of amides is 3. The first kappa shape index (κ1) is 32.2.